The predicted molar refractivity (Wildman–Crippen MR) is 120 cm³/mol. The zero-order valence-electron chi connectivity index (χ0n) is 18.4. The summed E-state index contributed by atoms with van der Waals surface area (Å²) in [6.45, 7) is 5.90. The monoisotopic (exact) mass is 437 g/mol. The quantitative estimate of drug-likeness (QED) is 0.387. The van der Waals surface area contributed by atoms with Crippen molar-refractivity contribution in [3.8, 4) is 0 Å². The molecule has 1 aromatic rings. The van der Waals surface area contributed by atoms with Crippen LogP contribution >= 0.6 is 0 Å². The van der Waals surface area contributed by atoms with Crippen LogP contribution in [0.3, 0.4) is 0 Å². The normalized spacial score (nSPS) is 14.5. The Morgan fingerprint density at radius 3 is 2.57 bits per heavy atom. The fourth-order valence-corrected chi connectivity index (χ4v) is 5.07. The van der Waals surface area contributed by atoms with E-state index in [-0.39, 0.29) is 10.8 Å². The summed E-state index contributed by atoms with van der Waals surface area (Å²) in [5.41, 5.74) is 2.31. The SMILES string of the molecule is CCN(CC)S(=O)(=O)c1ccc(NCCOC)c(C(=O)NCCC2=CCCCC2)c1. The first-order chi connectivity index (χ1) is 14.4. The molecule has 1 aliphatic rings. The van der Waals surface area contributed by atoms with Gasteiger partial charge in [0.2, 0.25) is 10.0 Å². The molecular weight excluding hydrogens is 402 g/mol. The third-order valence-corrected chi connectivity index (χ3v) is 7.36. The van der Waals surface area contributed by atoms with E-state index in [2.05, 4.69) is 16.7 Å². The van der Waals surface area contributed by atoms with Gasteiger partial charge in [-0.2, -0.15) is 4.31 Å². The van der Waals surface area contributed by atoms with E-state index in [4.69, 9.17) is 4.74 Å². The Bertz CT molecular complexity index is 833. The maximum Gasteiger partial charge on any atom is 0.253 e. The first-order valence-corrected chi connectivity index (χ1v) is 12.2. The van der Waals surface area contributed by atoms with Gasteiger partial charge in [0, 0.05) is 39.0 Å². The highest BCUT2D eigenvalue weighted by atomic mass is 32.2. The molecule has 168 valence electrons. The summed E-state index contributed by atoms with van der Waals surface area (Å²) in [5, 5.41) is 6.12. The molecule has 0 fully saturated rings. The number of allylic oxidation sites excluding steroid dienone is 1. The predicted octanol–water partition coefficient (Wildman–Crippen LogP) is 3.40. The van der Waals surface area contributed by atoms with E-state index < -0.39 is 10.0 Å². The fourth-order valence-electron chi connectivity index (χ4n) is 3.59. The summed E-state index contributed by atoms with van der Waals surface area (Å²) in [7, 11) is -2.04. The van der Waals surface area contributed by atoms with E-state index in [1.165, 1.54) is 28.8 Å². The molecule has 1 aliphatic carbocycles. The second-order valence-corrected chi connectivity index (χ2v) is 9.27. The maximum absolute atomic E-state index is 12.9. The number of sulfonamides is 1. The van der Waals surface area contributed by atoms with E-state index in [9.17, 15) is 13.2 Å². The standard InChI is InChI=1S/C22H35N3O4S/c1-4-25(5-2)30(27,28)19-11-12-21(23-15-16-29-3)20(17-19)22(26)24-14-13-18-9-7-6-8-10-18/h9,11-12,17,23H,4-8,10,13-16H2,1-3H3,(H,24,26). The van der Waals surface area contributed by atoms with Gasteiger partial charge in [-0.1, -0.05) is 25.5 Å². The lowest BCUT2D eigenvalue weighted by atomic mass is 9.97. The van der Waals surface area contributed by atoms with Crippen molar-refractivity contribution < 1.29 is 17.9 Å². The van der Waals surface area contributed by atoms with Crippen molar-refractivity contribution in [2.75, 3.05) is 45.2 Å². The number of rotatable bonds is 12. The molecule has 0 atom stereocenters. The minimum Gasteiger partial charge on any atom is -0.383 e. The molecule has 1 amide bonds. The number of carbonyl (C=O) groups is 1. The second kappa shape index (κ2) is 12.1. The second-order valence-electron chi connectivity index (χ2n) is 7.33. The zero-order valence-corrected chi connectivity index (χ0v) is 19.2. The van der Waals surface area contributed by atoms with Crippen molar-refractivity contribution in [1.29, 1.82) is 0 Å². The van der Waals surface area contributed by atoms with Crippen LogP contribution in [0.15, 0.2) is 34.7 Å². The van der Waals surface area contributed by atoms with Crippen LogP contribution in [-0.4, -0.2) is 58.5 Å². The summed E-state index contributed by atoms with van der Waals surface area (Å²) >= 11 is 0. The first-order valence-electron chi connectivity index (χ1n) is 10.8. The molecule has 1 aromatic carbocycles. The first kappa shape index (κ1) is 24.4. The Hall–Kier alpha value is -1.90. The summed E-state index contributed by atoms with van der Waals surface area (Å²) in [6.07, 6.45) is 7.75. The molecule has 0 bridgehead atoms. The van der Waals surface area contributed by atoms with E-state index in [1.807, 2.05) is 0 Å². The summed E-state index contributed by atoms with van der Waals surface area (Å²) in [4.78, 5) is 13.0. The summed E-state index contributed by atoms with van der Waals surface area (Å²) < 4.78 is 32.3. The Balaban J connectivity index is 2.21. The number of nitrogens with one attached hydrogen (secondary N) is 2. The largest absolute Gasteiger partial charge is 0.383 e. The molecule has 0 radical (unpaired) electrons. The van der Waals surface area contributed by atoms with E-state index in [1.54, 1.807) is 33.1 Å². The summed E-state index contributed by atoms with van der Waals surface area (Å²) in [6, 6.07) is 4.68. The molecule has 0 unspecified atom stereocenters. The van der Waals surface area contributed by atoms with Gasteiger partial charge >= 0.3 is 0 Å². The van der Waals surface area contributed by atoms with Crippen molar-refractivity contribution in [2.24, 2.45) is 0 Å². The van der Waals surface area contributed by atoms with Crippen LogP contribution in [0.1, 0.15) is 56.3 Å². The highest BCUT2D eigenvalue weighted by molar-refractivity contribution is 7.89. The van der Waals surface area contributed by atoms with Crippen molar-refractivity contribution >= 4 is 21.6 Å². The molecule has 0 saturated heterocycles. The number of carbonyl (C=O) groups excluding carboxylic acids is 1. The maximum atomic E-state index is 12.9. The van der Waals surface area contributed by atoms with E-state index in [0.717, 1.165) is 19.3 Å². The van der Waals surface area contributed by atoms with Crippen molar-refractivity contribution in [3.05, 3.63) is 35.4 Å². The Morgan fingerprint density at radius 2 is 1.93 bits per heavy atom. The molecule has 0 heterocycles. The number of hydrogen-bond acceptors (Lipinski definition) is 5. The Morgan fingerprint density at radius 1 is 1.17 bits per heavy atom. The summed E-state index contributed by atoms with van der Waals surface area (Å²) in [5.74, 6) is -0.275. The van der Waals surface area contributed by atoms with Crippen LogP contribution < -0.4 is 10.6 Å². The lowest BCUT2D eigenvalue weighted by Gasteiger charge is -2.20. The van der Waals surface area contributed by atoms with Crippen molar-refractivity contribution in [3.63, 3.8) is 0 Å². The van der Waals surface area contributed by atoms with Gasteiger partial charge in [0.1, 0.15) is 0 Å². The molecule has 2 N–H and O–H groups in total. The third kappa shape index (κ3) is 6.55. The van der Waals surface area contributed by atoms with Gasteiger partial charge in [0.15, 0.2) is 0 Å². The molecule has 8 heteroatoms. The Labute approximate surface area is 180 Å². The zero-order chi connectivity index (χ0) is 22.0. The third-order valence-electron chi connectivity index (χ3n) is 5.32. The van der Waals surface area contributed by atoms with Gasteiger partial charge in [-0.15, -0.1) is 0 Å². The van der Waals surface area contributed by atoms with Gasteiger partial charge in [-0.25, -0.2) is 8.42 Å². The molecule has 0 aliphatic heterocycles. The van der Waals surface area contributed by atoms with Gasteiger partial charge in [-0.3, -0.25) is 4.79 Å². The van der Waals surface area contributed by atoms with Gasteiger partial charge < -0.3 is 15.4 Å². The number of ether oxygens (including phenoxy) is 1. The molecule has 0 spiro atoms. The van der Waals surface area contributed by atoms with E-state index in [0.29, 0.717) is 44.0 Å². The highest BCUT2D eigenvalue weighted by Gasteiger charge is 2.24. The fraction of sp³-hybridized carbons (Fsp3) is 0.591. The van der Waals surface area contributed by atoms with Crippen LogP contribution in [0.5, 0.6) is 0 Å². The number of nitrogens with zero attached hydrogens (tertiary/aromatic N) is 1. The average Bonchev–Trinajstić information content (AvgIpc) is 2.75. The number of benzene rings is 1. The smallest absolute Gasteiger partial charge is 0.253 e. The topological polar surface area (TPSA) is 87.7 Å². The minimum absolute atomic E-state index is 0.128. The van der Waals surface area contributed by atoms with Crippen LogP contribution in [0.25, 0.3) is 0 Å². The number of amides is 1. The van der Waals surface area contributed by atoms with Gasteiger partial charge in [0.25, 0.3) is 5.91 Å². The number of methoxy groups -OCH3 is 1. The van der Waals surface area contributed by atoms with Crippen molar-refractivity contribution in [1.82, 2.24) is 9.62 Å². The minimum atomic E-state index is -3.65. The Kier molecular flexibility index (Phi) is 9.81. The van der Waals surface area contributed by atoms with Gasteiger partial charge in [0.05, 0.1) is 17.1 Å². The van der Waals surface area contributed by atoms with Crippen molar-refractivity contribution in [2.45, 2.75) is 50.8 Å². The van der Waals surface area contributed by atoms with E-state index >= 15 is 0 Å². The highest BCUT2D eigenvalue weighted by Crippen LogP contribution is 2.24. The lowest BCUT2D eigenvalue weighted by Crippen LogP contribution is -2.31. The number of anilines is 1. The molecule has 0 aromatic heterocycles. The molecule has 0 saturated carbocycles. The molecular formula is C22H35N3O4S. The van der Waals surface area contributed by atoms with Crippen LogP contribution in [0.2, 0.25) is 0 Å². The van der Waals surface area contributed by atoms with Crippen LogP contribution in [-0.2, 0) is 14.8 Å². The number of hydrogen-bond donors (Lipinski definition) is 2. The van der Waals surface area contributed by atoms with Crippen LogP contribution in [0.4, 0.5) is 5.69 Å². The molecule has 7 nitrogen and oxygen atoms in total. The molecule has 30 heavy (non-hydrogen) atoms. The molecule has 2 rings (SSSR count). The average molecular weight is 438 g/mol. The lowest BCUT2D eigenvalue weighted by molar-refractivity contribution is 0.0954. The van der Waals surface area contributed by atoms with Crippen LogP contribution in [0, 0.1) is 0 Å². The van der Waals surface area contributed by atoms with Gasteiger partial charge in [-0.05, 0) is 50.3 Å².